The van der Waals surface area contributed by atoms with Crippen molar-refractivity contribution in [2.75, 3.05) is 6.54 Å². The first-order chi connectivity index (χ1) is 8.15. The molecule has 0 aromatic heterocycles. The van der Waals surface area contributed by atoms with Gasteiger partial charge in [0, 0.05) is 20.7 Å². The van der Waals surface area contributed by atoms with Crippen LogP contribution in [-0.2, 0) is 0 Å². The molecule has 17 heavy (non-hydrogen) atoms. The molecule has 1 aromatic rings. The first-order valence-corrected chi connectivity index (χ1v) is 7.91. The Morgan fingerprint density at radius 2 is 1.65 bits per heavy atom. The Kier molecular flexibility index (Phi) is 6.60. The van der Waals surface area contributed by atoms with Crippen molar-refractivity contribution in [2.45, 2.75) is 49.2 Å². The maximum Gasteiger partial charge on any atom is 0.0329 e. The average Bonchev–Trinajstić information content (AvgIpc) is 2.33. The first-order valence-electron chi connectivity index (χ1n) is 6.30. The third kappa shape index (κ3) is 4.65. The van der Waals surface area contributed by atoms with Crippen LogP contribution in [0, 0.1) is 0 Å². The molecule has 0 heterocycles. The van der Waals surface area contributed by atoms with Gasteiger partial charge in [-0.1, -0.05) is 42.6 Å². The van der Waals surface area contributed by atoms with Crippen molar-refractivity contribution in [2.24, 2.45) is 5.73 Å². The Balaban J connectivity index is 2.80. The lowest BCUT2D eigenvalue weighted by Gasteiger charge is -2.31. The van der Waals surface area contributed by atoms with Gasteiger partial charge in [0.25, 0.3) is 0 Å². The molecule has 0 fully saturated rings. The minimum atomic E-state index is 0.220. The highest BCUT2D eigenvalue weighted by molar-refractivity contribution is 9.10. The topological polar surface area (TPSA) is 26.0 Å². The van der Waals surface area contributed by atoms with E-state index in [0.29, 0.717) is 0 Å². The van der Waals surface area contributed by atoms with Crippen molar-refractivity contribution < 1.29 is 0 Å². The average molecular weight is 316 g/mol. The zero-order valence-corrected chi connectivity index (χ0v) is 13.1. The normalized spacial score (nSPS) is 11.8. The predicted octanol–water partition coefficient (Wildman–Crippen LogP) is 4.84. The number of hydrogen-bond acceptors (Lipinski definition) is 2. The number of hydrogen-bond donors (Lipinski definition) is 1. The standard InChI is InChI=1S/C14H22BrNS/c1-3-9-14(11-16,10-4-2)17-13-7-5-12(15)6-8-13/h5-8H,3-4,9-11,16H2,1-2H3. The molecule has 0 bridgehead atoms. The molecule has 0 radical (unpaired) electrons. The molecule has 1 aromatic carbocycles. The molecular formula is C14H22BrNS. The second-order valence-electron chi connectivity index (χ2n) is 4.44. The Bertz CT molecular complexity index is 317. The molecule has 0 saturated carbocycles. The van der Waals surface area contributed by atoms with Crippen LogP contribution >= 0.6 is 27.7 Å². The quantitative estimate of drug-likeness (QED) is 0.729. The van der Waals surface area contributed by atoms with Crippen LogP contribution in [-0.4, -0.2) is 11.3 Å². The van der Waals surface area contributed by atoms with Gasteiger partial charge in [0.2, 0.25) is 0 Å². The van der Waals surface area contributed by atoms with Crippen molar-refractivity contribution in [3.8, 4) is 0 Å². The Morgan fingerprint density at radius 3 is 2.06 bits per heavy atom. The molecule has 0 aliphatic heterocycles. The van der Waals surface area contributed by atoms with Gasteiger partial charge in [-0.25, -0.2) is 0 Å². The van der Waals surface area contributed by atoms with E-state index in [0.717, 1.165) is 11.0 Å². The van der Waals surface area contributed by atoms with Gasteiger partial charge in [0.1, 0.15) is 0 Å². The zero-order valence-electron chi connectivity index (χ0n) is 10.7. The molecule has 2 N–H and O–H groups in total. The molecule has 0 atom stereocenters. The lowest BCUT2D eigenvalue weighted by atomic mass is 9.97. The van der Waals surface area contributed by atoms with Gasteiger partial charge in [0.15, 0.2) is 0 Å². The number of halogens is 1. The van der Waals surface area contributed by atoms with Crippen LogP contribution in [0.25, 0.3) is 0 Å². The maximum absolute atomic E-state index is 6.03. The fourth-order valence-electron chi connectivity index (χ4n) is 2.14. The summed E-state index contributed by atoms with van der Waals surface area (Å²) in [5, 5.41) is 0. The number of benzene rings is 1. The fourth-order valence-corrected chi connectivity index (χ4v) is 3.87. The molecule has 0 amide bonds. The Labute approximate surface area is 118 Å². The molecule has 0 aliphatic rings. The second-order valence-corrected chi connectivity index (χ2v) is 6.90. The molecule has 0 aliphatic carbocycles. The molecule has 0 saturated heterocycles. The first kappa shape index (κ1) is 15.1. The van der Waals surface area contributed by atoms with E-state index < -0.39 is 0 Å². The Hall–Kier alpha value is 0.01000. The maximum atomic E-state index is 6.03. The van der Waals surface area contributed by atoms with Crippen molar-refractivity contribution in [3.05, 3.63) is 28.7 Å². The third-order valence-electron chi connectivity index (χ3n) is 2.93. The van der Waals surface area contributed by atoms with Gasteiger partial charge in [-0.05, 0) is 37.1 Å². The van der Waals surface area contributed by atoms with Gasteiger partial charge in [-0.2, -0.15) is 0 Å². The number of rotatable bonds is 7. The third-order valence-corrected chi connectivity index (χ3v) is 4.98. The zero-order chi connectivity index (χ0) is 12.7. The molecule has 0 spiro atoms. The van der Waals surface area contributed by atoms with Crippen LogP contribution in [0.15, 0.2) is 33.6 Å². The van der Waals surface area contributed by atoms with Crippen LogP contribution in [0.1, 0.15) is 39.5 Å². The van der Waals surface area contributed by atoms with Crippen LogP contribution in [0.2, 0.25) is 0 Å². The summed E-state index contributed by atoms with van der Waals surface area (Å²) < 4.78 is 1.35. The smallest absolute Gasteiger partial charge is 0.0329 e. The summed E-state index contributed by atoms with van der Waals surface area (Å²) in [5.74, 6) is 0. The van der Waals surface area contributed by atoms with E-state index in [4.69, 9.17) is 5.73 Å². The summed E-state index contributed by atoms with van der Waals surface area (Å²) in [6.45, 7) is 5.24. The number of thioether (sulfide) groups is 1. The molecule has 96 valence electrons. The van der Waals surface area contributed by atoms with E-state index in [-0.39, 0.29) is 4.75 Å². The molecule has 1 rings (SSSR count). The minimum absolute atomic E-state index is 0.220. The minimum Gasteiger partial charge on any atom is -0.329 e. The largest absolute Gasteiger partial charge is 0.329 e. The Morgan fingerprint density at radius 1 is 1.12 bits per heavy atom. The predicted molar refractivity (Wildman–Crippen MR) is 81.6 cm³/mol. The van der Waals surface area contributed by atoms with Gasteiger partial charge in [0.05, 0.1) is 0 Å². The van der Waals surface area contributed by atoms with Crippen LogP contribution < -0.4 is 5.73 Å². The van der Waals surface area contributed by atoms with Crippen LogP contribution in [0.3, 0.4) is 0 Å². The molecule has 3 heteroatoms. The van der Waals surface area contributed by atoms with E-state index in [1.54, 1.807) is 0 Å². The van der Waals surface area contributed by atoms with Crippen molar-refractivity contribution in [1.82, 2.24) is 0 Å². The van der Waals surface area contributed by atoms with Gasteiger partial charge >= 0.3 is 0 Å². The lowest BCUT2D eigenvalue weighted by molar-refractivity contribution is 0.498. The van der Waals surface area contributed by atoms with Gasteiger partial charge < -0.3 is 5.73 Å². The van der Waals surface area contributed by atoms with E-state index in [9.17, 15) is 0 Å². The highest BCUT2D eigenvalue weighted by atomic mass is 79.9. The van der Waals surface area contributed by atoms with E-state index >= 15 is 0 Å². The van der Waals surface area contributed by atoms with Crippen molar-refractivity contribution in [3.63, 3.8) is 0 Å². The monoisotopic (exact) mass is 315 g/mol. The summed E-state index contributed by atoms with van der Waals surface area (Å²) in [5.41, 5.74) is 6.03. The second kappa shape index (κ2) is 7.45. The van der Waals surface area contributed by atoms with Gasteiger partial charge in [-0.3, -0.25) is 0 Å². The van der Waals surface area contributed by atoms with E-state index in [2.05, 4.69) is 54.0 Å². The fraction of sp³-hybridized carbons (Fsp3) is 0.571. The van der Waals surface area contributed by atoms with E-state index in [1.807, 2.05) is 11.8 Å². The lowest BCUT2D eigenvalue weighted by Crippen LogP contribution is -2.34. The van der Waals surface area contributed by atoms with Gasteiger partial charge in [-0.15, -0.1) is 11.8 Å². The van der Waals surface area contributed by atoms with Crippen LogP contribution in [0.4, 0.5) is 0 Å². The van der Waals surface area contributed by atoms with Crippen molar-refractivity contribution in [1.29, 1.82) is 0 Å². The van der Waals surface area contributed by atoms with Crippen molar-refractivity contribution >= 4 is 27.7 Å². The highest BCUT2D eigenvalue weighted by Gasteiger charge is 2.27. The molecular weight excluding hydrogens is 294 g/mol. The summed E-state index contributed by atoms with van der Waals surface area (Å²) in [6.07, 6.45) is 4.78. The SMILES string of the molecule is CCCC(CN)(CCC)Sc1ccc(Br)cc1. The molecule has 1 nitrogen and oxygen atoms in total. The van der Waals surface area contributed by atoms with E-state index in [1.165, 1.54) is 30.6 Å². The number of nitrogens with two attached hydrogens (primary N) is 1. The summed E-state index contributed by atoms with van der Waals surface area (Å²) >= 11 is 5.42. The molecule has 0 unspecified atom stereocenters. The summed E-state index contributed by atoms with van der Waals surface area (Å²) in [4.78, 5) is 1.32. The highest BCUT2D eigenvalue weighted by Crippen LogP contribution is 2.39. The summed E-state index contributed by atoms with van der Waals surface area (Å²) in [7, 11) is 0. The van der Waals surface area contributed by atoms with Crippen LogP contribution in [0.5, 0.6) is 0 Å². The summed E-state index contributed by atoms with van der Waals surface area (Å²) in [6, 6.07) is 8.54.